The summed E-state index contributed by atoms with van der Waals surface area (Å²) in [5.41, 5.74) is 1.43. The Hall–Kier alpha value is -2.93. The first-order chi connectivity index (χ1) is 11.5. The minimum absolute atomic E-state index is 0.158. The molecule has 0 radical (unpaired) electrons. The molecule has 2 aromatic carbocycles. The van der Waals surface area contributed by atoms with Crippen molar-refractivity contribution in [3.63, 3.8) is 0 Å². The lowest BCUT2D eigenvalue weighted by atomic mass is 10.1. The molecule has 2 aromatic rings. The van der Waals surface area contributed by atoms with Crippen LogP contribution in [0.2, 0.25) is 0 Å². The maximum Gasteiger partial charge on any atom is 0.337 e. The van der Waals surface area contributed by atoms with E-state index in [1.165, 1.54) is 31.4 Å². The fraction of sp³-hybridized carbons (Fsp3) is 0.118. The fourth-order valence-electron chi connectivity index (χ4n) is 1.91. The normalized spacial score (nSPS) is 9.75. The Morgan fingerprint density at radius 2 is 1.67 bits per heavy atom. The molecule has 7 heteroatoms. The zero-order valence-electron chi connectivity index (χ0n) is 13.2. The van der Waals surface area contributed by atoms with Gasteiger partial charge in [0, 0.05) is 17.3 Å². The minimum Gasteiger partial charge on any atom is -0.497 e. The molecule has 0 spiro atoms. The number of carbonyl (C=O) groups is 2. The Morgan fingerprint density at radius 3 is 2.29 bits per heavy atom. The highest BCUT2D eigenvalue weighted by molar-refractivity contribution is 7.80. The summed E-state index contributed by atoms with van der Waals surface area (Å²) in [5, 5.41) is 5.63. The van der Waals surface area contributed by atoms with Crippen LogP contribution in [0.25, 0.3) is 0 Å². The molecule has 0 aliphatic heterocycles. The molecular weight excluding hydrogens is 328 g/mol. The number of nitrogens with one attached hydrogen (secondary N) is 2. The van der Waals surface area contributed by atoms with Gasteiger partial charge in [-0.25, -0.2) is 4.79 Å². The van der Waals surface area contributed by atoms with Gasteiger partial charge in [0.25, 0.3) is 5.91 Å². The van der Waals surface area contributed by atoms with E-state index in [1.807, 2.05) is 0 Å². The van der Waals surface area contributed by atoms with Gasteiger partial charge in [0.2, 0.25) is 0 Å². The molecule has 0 unspecified atom stereocenters. The van der Waals surface area contributed by atoms with E-state index in [1.54, 1.807) is 31.4 Å². The second-order valence-electron chi connectivity index (χ2n) is 4.71. The van der Waals surface area contributed by atoms with Crippen molar-refractivity contribution in [2.75, 3.05) is 19.5 Å². The Labute approximate surface area is 144 Å². The van der Waals surface area contributed by atoms with Gasteiger partial charge >= 0.3 is 5.97 Å². The van der Waals surface area contributed by atoms with Crippen LogP contribution in [-0.4, -0.2) is 31.2 Å². The van der Waals surface area contributed by atoms with Crippen molar-refractivity contribution in [3.05, 3.63) is 59.7 Å². The van der Waals surface area contributed by atoms with Gasteiger partial charge in [-0.05, 0) is 48.6 Å². The summed E-state index contributed by atoms with van der Waals surface area (Å²) in [5.74, 6) is -0.170. The maximum absolute atomic E-state index is 12.1. The number of esters is 1. The number of hydrogen-bond donors (Lipinski definition) is 2. The van der Waals surface area contributed by atoms with Crippen LogP contribution in [0.5, 0.6) is 5.75 Å². The Balaban J connectivity index is 1.98. The quantitative estimate of drug-likeness (QED) is 0.656. The van der Waals surface area contributed by atoms with Gasteiger partial charge < -0.3 is 14.8 Å². The van der Waals surface area contributed by atoms with E-state index in [9.17, 15) is 9.59 Å². The SMILES string of the molecule is COC(=O)c1ccc(C(=O)NC(=S)Nc2cccc(OC)c2)cc1. The summed E-state index contributed by atoms with van der Waals surface area (Å²) in [6, 6.07) is 13.2. The van der Waals surface area contributed by atoms with E-state index < -0.39 is 5.97 Å². The Morgan fingerprint density at radius 1 is 1.00 bits per heavy atom. The number of amides is 1. The molecule has 6 nitrogen and oxygen atoms in total. The lowest BCUT2D eigenvalue weighted by molar-refractivity contribution is 0.0600. The van der Waals surface area contributed by atoms with E-state index in [4.69, 9.17) is 17.0 Å². The van der Waals surface area contributed by atoms with Crippen LogP contribution in [0.3, 0.4) is 0 Å². The lowest BCUT2D eigenvalue weighted by Crippen LogP contribution is -2.34. The van der Waals surface area contributed by atoms with Crippen molar-refractivity contribution < 1.29 is 19.1 Å². The molecule has 124 valence electrons. The number of carbonyl (C=O) groups excluding carboxylic acids is 2. The van der Waals surface area contributed by atoms with E-state index in [-0.39, 0.29) is 11.0 Å². The number of methoxy groups -OCH3 is 2. The molecule has 24 heavy (non-hydrogen) atoms. The first-order valence-corrected chi connectivity index (χ1v) is 7.39. The average Bonchev–Trinajstić information content (AvgIpc) is 2.61. The second kappa shape index (κ2) is 8.07. The number of thiocarbonyl (C=S) groups is 1. The van der Waals surface area contributed by atoms with Gasteiger partial charge in [0.15, 0.2) is 5.11 Å². The van der Waals surface area contributed by atoms with Crippen molar-refractivity contribution in [1.82, 2.24) is 5.32 Å². The number of benzene rings is 2. The third-order valence-corrected chi connectivity index (χ3v) is 3.33. The molecule has 0 aromatic heterocycles. The topological polar surface area (TPSA) is 76.7 Å². The Kier molecular flexibility index (Phi) is 5.86. The first-order valence-electron chi connectivity index (χ1n) is 6.98. The van der Waals surface area contributed by atoms with Crippen molar-refractivity contribution in [2.45, 2.75) is 0 Å². The van der Waals surface area contributed by atoms with Gasteiger partial charge in [-0.2, -0.15) is 0 Å². The van der Waals surface area contributed by atoms with Crippen LogP contribution < -0.4 is 15.4 Å². The summed E-state index contributed by atoms with van der Waals surface area (Å²) in [7, 11) is 2.86. The van der Waals surface area contributed by atoms with Crippen molar-refractivity contribution in [3.8, 4) is 5.75 Å². The Bertz CT molecular complexity index is 759. The van der Waals surface area contributed by atoms with Crippen LogP contribution in [0.15, 0.2) is 48.5 Å². The van der Waals surface area contributed by atoms with Crippen LogP contribution in [0, 0.1) is 0 Å². The molecule has 0 bridgehead atoms. The van der Waals surface area contributed by atoms with Gasteiger partial charge in [-0.3, -0.25) is 10.1 Å². The summed E-state index contributed by atoms with van der Waals surface area (Å²) < 4.78 is 9.72. The monoisotopic (exact) mass is 344 g/mol. The highest BCUT2D eigenvalue weighted by Gasteiger charge is 2.10. The zero-order valence-corrected chi connectivity index (χ0v) is 14.0. The van der Waals surface area contributed by atoms with Crippen molar-refractivity contribution in [1.29, 1.82) is 0 Å². The molecule has 0 aliphatic carbocycles. The molecular formula is C17H16N2O4S. The predicted molar refractivity (Wildman–Crippen MR) is 94.5 cm³/mol. The molecule has 0 atom stereocenters. The summed E-state index contributed by atoms with van der Waals surface area (Å²) in [6.45, 7) is 0. The molecule has 0 saturated carbocycles. The summed E-state index contributed by atoms with van der Waals surface area (Å²) in [6.07, 6.45) is 0. The number of hydrogen-bond acceptors (Lipinski definition) is 5. The van der Waals surface area contributed by atoms with Crippen molar-refractivity contribution >= 4 is 34.9 Å². The smallest absolute Gasteiger partial charge is 0.337 e. The van der Waals surface area contributed by atoms with Gasteiger partial charge in [-0.15, -0.1) is 0 Å². The molecule has 2 rings (SSSR count). The highest BCUT2D eigenvalue weighted by Crippen LogP contribution is 2.16. The van der Waals surface area contributed by atoms with E-state index in [0.29, 0.717) is 22.6 Å². The molecule has 2 N–H and O–H groups in total. The molecule has 0 fully saturated rings. The minimum atomic E-state index is -0.461. The standard InChI is InChI=1S/C17H16N2O4S/c1-22-14-5-3-4-13(10-14)18-17(24)19-15(20)11-6-8-12(9-7-11)16(21)23-2/h3-10H,1-2H3,(H2,18,19,20,24). The van der Waals surface area contributed by atoms with E-state index in [0.717, 1.165) is 0 Å². The summed E-state index contributed by atoms with van der Waals surface area (Å²) in [4.78, 5) is 23.5. The fourth-order valence-corrected chi connectivity index (χ4v) is 2.12. The number of ether oxygens (including phenoxy) is 2. The lowest BCUT2D eigenvalue weighted by Gasteiger charge is -2.10. The largest absolute Gasteiger partial charge is 0.497 e. The zero-order chi connectivity index (χ0) is 17.5. The third kappa shape index (κ3) is 4.53. The van der Waals surface area contributed by atoms with Crippen LogP contribution in [-0.2, 0) is 4.74 Å². The van der Waals surface area contributed by atoms with E-state index >= 15 is 0 Å². The maximum atomic E-state index is 12.1. The van der Waals surface area contributed by atoms with E-state index in [2.05, 4.69) is 15.4 Å². The predicted octanol–water partition coefficient (Wildman–Crippen LogP) is 2.61. The second-order valence-corrected chi connectivity index (χ2v) is 5.12. The van der Waals surface area contributed by atoms with Crippen molar-refractivity contribution in [2.24, 2.45) is 0 Å². The number of anilines is 1. The molecule has 0 aliphatic rings. The average molecular weight is 344 g/mol. The third-order valence-electron chi connectivity index (χ3n) is 3.12. The number of rotatable bonds is 4. The van der Waals surface area contributed by atoms with Gasteiger partial charge in [-0.1, -0.05) is 6.07 Å². The summed E-state index contributed by atoms with van der Waals surface area (Å²) >= 11 is 5.12. The van der Waals surface area contributed by atoms with Gasteiger partial charge in [0.05, 0.1) is 19.8 Å². The highest BCUT2D eigenvalue weighted by atomic mass is 32.1. The van der Waals surface area contributed by atoms with Crippen LogP contribution >= 0.6 is 12.2 Å². The van der Waals surface area contributed by atoms with Crippen LogP contribution in [0.1, 0.15) is 20.7 Å². The van der Waals surface area contributed by atoms with Gasteiger partial charge in [0.1, 0.15) is 5.75 Å². The molecule has 0 saturated heterocycles. The molecule has 0 heterocycles. The first kappa shape index (κ1) is 17.4. The van der Waals surface area contributed by atoms with Crippen LogP contribution in [0.4, 0.5) is 5.69 Å². The molecule has 1 amide bonds.